The van der Waals surface area contributed by atoms with E-state index in [9.17, 15) is 15.0 Å². The molecule has 3 nitrogen and oxygen atoms in total. The van der Waals surface area contributed by atoms with Gasteiger partial charge in [-0.2, -0.15) is 0 Å². The van der Waals surface area contributed by atoms with Crippen molar-refractivity contribution in [3.63, 3.8) is 0 Å². The predicted octanol–water partition coefficient (Wildman–Crippen LogP) is 1.97. The molecule has 84 valence electrons. The van der Waals surface area contributed by atoms with Gasteiger partial charge in [0.15, 0.2) is 5.78 Å². The smallest absolute Gasteiger partial charge is 0.169 e. The summed E-state index contributed by atoms with van der Waals surface area (Å²) in [6.45, 7) is 1.47. The van der Waals surface area contributed by atoms with Crippen LogP contribution in [0.1, 0.15) is 34.7 Å². The van der Waals surface area contributed by atoms with E-state index in [4.69, 9.17) is 11.6 Å². The van der Waals surface area contributed by atoms with Crippen LogP contribution in [0.2, 0.25) is 0 Å². The van der Waals surface area contributed by atoms with Crippen LogP contribution in [0.4, 0.5) is 0 Å². The Balaban J connectivity index is 2.73. The first-order chi connectivity index (χ1) is 7.06. The first-order valence-corrected chi connectivity index (χ1v) is 5.99. The number of alkyl halides is 1. The van der Waals surface area contributed by atoms with Crippen LogP contribution in [0.15, 0.2) is 11.4 Å². The fraction of sp³-hybridized carbons (Fsp3) is 0.500. The van der Waals surface area contributed by atoms with Crippen LogP contribution in [0.3, 0.4) is 0 Å². The third-order valence-electron chi connectivity index (χ3n) is 2.08. The molecule has 15 heavy (non-hydrogen) atoms. The van der Waals surface area contributed by atoms with E-state index in [0.717, 1.165) is 0 Å². The SMILES string of the molecule is CC(=O)c1cc(C(O)C(O)CCCl)cs1. The molecule has 0 aromatic carbocycles. The Hall–Kier alpha value is -0.420. The van der Waals surface area contributed by atoms with Gasteiger partial charge < -0.3 is 10.2 Å². The molecule has 0 saturated carbocycles. The molecule has 0 fully saturated rings. The van der Waals surface area contributed by atoms with Crippen molar-refractivity contribution in [2.75, 3.05) is 5.88 Å². The maximum absolute atomic E-state index is 11.0. The van der Waals surface area contributed by atoms with Gasteiger partial charge >= 0.3 is 0 Å². The molecule has 2 N–H and O–H groups in total. The highest BCUT2D eigenvalue weighted by Gasteiger charge is 2.19. The quantitative estimate of drug-likeness (QED) is 0.619. The summed E-state index contributed by atoms with van der Waals surface area (Å²) < 4.78 is 0. The first kappa shape index (κ1) is 12.6. The average Bonchev–Trinajstić information content (AvgIpc) is 2.65. The van der Waals surface area contributed by atoms with Gasteiger partial charge in [0.2, 0.25) is 0 Å². The molecule has 0 bridgehead atoms. The number of ketones is 1. The number of carbonyl (C=O) groups excluding carboxylic acids is 1. The Morgan fingerprint density at radius 3 is 2.73 bits per heavy atom. The van der Waals surface area contributed by atoms with Gasteiger partial charge in [0.25, 0.3) is 0 Å². The third-order valence-corrected chi connectivity index (χ3v) is 3.35. The van der Waals surface area contributed by atoms with Gasteiger partial charge in [0.1, 0.15) is 6.10 Å². The minimum Gasteiger partial charge on any atom is -0.390 e. The molecule has 2 unspecified atom stereocenters. The molecule has 2 atom stereocenters. The molecular formula is C10H13ClO3S. The van der Waals surface area contributed by atoms with Gasteiger partial charge in [-0.05, 0) is 30.4 Å². The highest BCUT2D eigenvalue weighted by atomic mass is 35.5. The molecule has 0 aliphatic carbocycles. The van der Waals surface area contributed by atoms with Crippen LogP contribution >= 0.6 is 22.9 Å². The minimum atomic E-state index is -0.965. The summed E-state index contributed by atoms with van der Waals surface area (Å²) in [4.78, 5) is 11.6. The van der Waals surface area contributed by atoms with Gasteiger partial charge in [-0.15, -0.1) is 22.9 Å². The monoisotopic (exact) mass is 248 g/mol. The summed E-state index contributed by atoms with van der Waals surface area (Å²) in [5, 5.41) is 20.9. The molecule has 1 rings (SSSR count). The Bertz CT molecular complexity index is 337. The van der Waals surface area contributed by atoms with Gasteiger partial charge in [0, 0.05) is 5.88 Å². The van der Waals surface area contributed by atoms with E-state index in [1.165, 1.54) is 18.3 Å². The Morgan fingerprint density at radius 1 is 1.60 bits per heavy atom. The topological polar surface area (TPSA) is 57.5 Å². The number of Topliss-reactive ketones (excluding diaryl/α,β-unsaturated/α-hetero) is 1. The second-order valence-corrected chi connectivity index (χ2v) is 4.58. The molecule has 0 saturated heterocycles. The number of halogens is 1. The molecule has 0 radical (unpaired) electrons. The number of aliphatic hydroxyl groups excluding tert-OH is 2. The van der Waals surface area contributed by atoms with Crippen LogP contribution in [-0.4, -0.2) is 28.0 Å². The van der Waals surface area contributed by atoms with Gasteiger partial charge in [0.05, 0.1) is 11.0 Å². The number of rotatable bonds is 5. The lowest BCUT2D eigenvalue weighted by atomic mass is 10.1. The van der Waals surface area contributed by atoms with Crippen LogP contribution in [0.5, 0.6) is 0 Å². The van der Waals surface area contributed by atoms with E-state index in [1.54, 1.807) is 11.4 Å². The maximum atomic E-state index is 11.0. The van der Waals surface area contributed by atoms with Crippen molar-refractivity contribution in [3.8, 4) is 0 Å². The number of carbonyl (C=O) groups is 1. The molecule has 5 heteroatoms. The fourth-order valence-corrected chi connectivity index (χ4v) is 2.25. The maximum Gasteiger partial charge on any atom is 0.169 e. The van der Waals surface area contributed by atoms with E-state index in [0.29, 0.717) is 22.7 Å². The average molecular weight is 249 g/mol. The van der Waals surface area contributed by atoms with Crippen molar-refractivity contribution < 1.29 is 15.0 Å². The largest absolute Gasteiger partial charge is 0.390 e. The normalized spacial score (nSPS) is 14.9. The summed E-state index contributed by atoms with van der Waals surface area (Å²) in [5.74, 6) is 0.257. The van der Waals surface area contributed by atoms with Crippen molar-refractivity contribution in [1.29, 1.82) is 0 Å². The summed E-state index contributed by atoms with van der Waals surface area (Å²) in [6.07, 6.45) is -1.52. The van der Waals surface area contributed by atoms with Crippen LogP contribution in [-0.2, 0) is 0 Å². The lowest BCUT2D eigenvalue weighted by molar-refractivity contribution is 0.0172. The van der Waals surface area contributed by atoms with Crippen molar-refractivity contribution in [2.24, 2.45) is 0 Å². The van der Waals surface area contributed by atoms with Crippen LogP contribution in [0, 0.1) is 0 Å². The van der Waals surface area contributed by atoms with Gasteiger partial charge in [-0.1, -0.05) is 0 Å². The van der Waals surface area contributed by atoms with Crippen molar-refractivity contribution in [2.45, 2.75) is 25.6 Å². The molecule has 1 aromatic rings. The second-order valence-electron chi connectivity index (χ2n) is 3.29. The van der Waals surface area contributed by atoms with Crippen molar-refractivity contribution in [3.05, 3.63) is 21.9 Å². The fourth-order valence-electron chi connectivity index (χ4n) is 1.18. The third kappa shape index (κ3) is 3.28. The second kappa shape index (κ2) is 5.61. The molecule has 0 spiro atoms. The number of thiophene rings is 1. The molecule has 0 aliphatic rings. The number of hydrogen-bond donors (Lipinski definition) is 2. The zero-order chi connectivity index (χ0) is 11.4. The first-order valence-electron chi connectivity index (χ1n) is 4.57. The highest BCUT2D eigenvalue weighted by molar-refractivity contribution is 7.12. The Labute approximate surface area is 97.3 Å². The molecule has 0 amide bonds. The number of aliphatic hydroxyl groups is 2. The summed E-state index contributed by atoms with van der Waals surface area (Å²) in [5.41, 5.74) is 0.572. The highest BCUT2D eigenvalue weighted by Crippen LogP contribution is 2.25. The Kier molecular flexibility index (Phi) is 4.73. The van der Waals surface area contributed by atoms with Crippen LogP contribution < -0.4 is 0 Å². The molecular weight excluding hydrogens is 236 g/mol. The van der Waals surface area contributed by atoms with Crippen molar-refractivity contribution >= 4 is 28.7 Å². The lowest BCUT2D eigenvalue weighted by Gasteiger charge is -2.15. The summed E-state index contributed by atoms with van der Waals surface area (Å²) in [6, 6.07) is 1.61. The zero-order valence-electron chi connectivity index (χ0n) is 8.31. The van der Waals surface area contributed by atoms with E-state index in [2.05, 4.69) is 0 Å². The van der Waals surface area contributed by atoms with Gasteiger partial charge in [-0.3, -0.25) is 4.79 Å². The lowest BCUT2D eigenvalue weighted by Crippen LogP contribution is -2.18. The van der Waals surface area contributed by atoms with E-state index in [1.807, 2.05) is 0 Å². The predicted molar refractivity (Wildman–Crippen MR) is 60.6 cm³/mol. The van der Waals surface area contributed by atoms with Crippen LogP contribution in [0.25, 0.3) is 0 Å². The minimum absolute atomic E-state index is 0.0368. The standard InChI is InChI=1S/C10H13ClO3S/c1-6(12)9-4-7(5-15-9)10(14)8(13)2-3-11/h4-5,8,10,13-14H,2-3H2,1H3. The zero-order valence-corrected chi connectivity index (χ0v) is 9.88. The molecule has 1 aromatic heterocycles. The summed E-state index contributed by atoms with van der Waals surface area (Å²) >= 11 is 6.73. The summed E-state index contributed by atoms with van der Waals surface area (Å²) in [7, 11) is 0. The van der Waals surface area contributed by atoms with Gasteiger partial charge in [-0.25, -0.2) is 0 Å². The van der Waals surface area contributed by atoms with E-state index < -0.39 is 12.2 Å². The van der Waals surface area contributed by atoms with Crippen molar-refractivity contribution in [1.82, 2.24) is 0 Å². The molecule has 0 aliphatic heterocycles. The van der Waals surface area contributed by atoms with E-state index >= 15 is 0 Å². The Morgan fingerprint density at radius 2 is 2.27 bits per heavy atom. The van der Waals surface area contributed by atoms with E-state index in [-0.39, 0.29) is 5.78 Å². The molecule has 1 heterocycles. The number of hydrogen-bond acceptors (Lipinski definition) is 4.